The third-order valence-corrected chi connectivity index (χ3v) is 5.88. The summed E-state index contributed by atoms with van der Waals surface area (Å²) in [5.41, 5.74) is -3.89. The second-order valence-corrected chi connectivity index (χ2v) is 7.88. The molecule has 4 nitrogen and oxygen atoms in total. The van der Waals surface area contributed by atoms with Crippen LogP contribution in [0.3, 0.4) is 0 Å². The molecule has 1 aliphatic heterocycles. The number of hydrogen-bond acceptors (Lipinski definition) is 4. The maximum Gasteiger partial charge on any atom is 0.534 e. The molecule has 0 radical (unpaired) electrons. The van der Waals surface area contributed by atoms with Crippen molar-refractivity contribution in [2.24, 2.45) is 0 Å². The minimum atomic E-state index is -5.64. The highest BCUT2D eigenvalue weighted by molar-refractivity contribution is 7.88. The third-order valence-electron chi connectivity index (χ3n) is 4.91. The molecule has 0 aromatic heterocycles. The molecule has 1 heterocycles. The molecule has 0 saturated carbocycles. The smallest absolute Gasteiger partial charge is 0.376 e. The summed E-state index contributed by atoms with van der Waals surface area (Å²) in [6, 6.07) is 5.15. The highest BCUT2D eigenvalue weighted by Gasteiger charge is 2.49. The first-order chi connectivity index (χ1) is 11.2. The molecule has 1 fully saturated rings. The summed E-state index contributed by atoms with van der Waals surface area (Å²) in [6.45, 7) is 4.10. The van der Waals surface area contributed by atoms with Crippen molar-refractivity contribution < 1.29 is 25.8 Å². The number of nitrogens with zero attached hydrogens (tertiary/aromatic N) is 1. The van der Waals surface area contributed by atoms with Gasteiger partial charge in [0.05, 0.1) is 0 Å². The van der Waals surface area contributed by atoms with E-state index in [1.807, 2.05) is 6.07 Å². The van der Waals surface area contributed by atoms with Crippen LogP contribution in [0.4, 0.5) is 13.2 Å². The topological polar surface area (TPSA) is 46.6 Å². The first kappa shape index (κ1) is 17.5. The summed E-state index contributed by atoms with van der Waals surface area (Å²) >= 11 is 0. The average Bonchev–Trinajstić information content (AvgIpc) is 2.90. The second-order valence-electron chi connectivity index (χ2n) is 6.34. The molecular formula is C16H20F3NO3S. The van der Waals surface area contributed by atoms with Gasteiger partial charge in [-0.05, 0) is 56.0 Å². The Kier molecular flexibility index (Phi) is 4.55. The summed E-state index contributed by atoms with van der Waals surface area (Å²) in [7, 11) is -5.64. The molecule has 1 aromatic carbocycles. The van der Waals surface area contributed by atoms with Gasteiger partial charge >= 0.3 is 15.6 Å². The summed E-state index contributed by atoms with van der Waals surface area (Å²) in [5.74, 6) is 0.0506. The molecule has 1 aromatic rings. The SMILES string of the molecule is CCCN1CC[C@H]2c3cccc(OS(=O)(=O)C(F)(F)F)c3CC[C@@H]21. The Bertz CT molecular complexity index is 718. The molecule has 2 aliphatic rings. The van der Waals surface area contributed by atoms with Crippen LogP contribution in [0.5, 0.6) is 5.75 Å². The molecule has 1 aliphatic carbocycles. The van der Waals surface area contributed by atoms with Crippen molar-refractivity contribution in [1.82, 2.24) is 4.90 Å². The van der Waals surface area contributed by atoms with Crippen LogP contribution in [0.25, 0.3) is 0 Å². The summed E-state index contributed by atoms with van der Waals surface area (Å²) in [5, 5.41) is 0. The molecule has 3 rings (SSSR count). The second kappa shape index (κ2) is 6.22. The van der Waals surface area contributed by atoms with E-state index < -0.39 is 15.6 Å². The molecule has 8 heteroatoms. The summed E-state index contributed by atoms with van der Waals surface area (Å²) in [4.78, 5) is 2.42. The monoisotopic (exact) mass is 363 g/mol. The Labute approximate surface area is 139 Å². The number of benzene rings is 1. The van der Waals surface area contributed by atoms with E-state index in [9.17, 15) is 21.6 Å². The molecule has 0 N–H and O–H groups in total. The van der Waals surface area contributed by atoms with Crippen molar-refractivity contribution in [3.05, 3.63) is 29.3 Å². The van der Waals surface area contributed by atoms with Crippen LogP contribution in [-0.4, -0.2) is 38.0 Å². The lowest BCUT2D eigenvalue weighted by molar-refractivity contribution is -0.0500. The lowest BCUT2D eigenvalue weighted by atomic mass is 9.79. The number of rotatable bonds is 4. The van der Waals surface area contributed by atoms with Crippen molar-refractivity contribution in [3.63, 3.8) is 0 Å². The zero-order valence-corrected chi connectivity index (χ0v) is 14.2. The lowest BCUT2D eigenvalue weighted by Gasteiger charge is -2.34. The van der Waals surface area contributed by atoms with Crippen LogP contribution >= 0.6 is 0 Å². The molecule has 0 amide bonds. The molecule has 0 unspecified atom stereocenters. The van der Waals surface area contributed by atoms with Gasteiger partial charge < -0.3 is 4.18 Å². The van der Waals surface area contributed by atoms with Gasteiger partial charge in [-0.2, -0.15) is 21.6 Å². The fraction of sp³-hybridized carbons (Fsp3) is 0.625. The van der Waals surface area contributed by atoms with Gasteiger partial charge in [-0.3, -0.25) is 4.90 Å². The van der Waals surface area contributed by atoms with Gasteiger partial charge in [-0.25, -0.2) is 0 Å². The Morgan fingerprint density at radius 1 is 1.29 bits per heavy atom. The van der Waals surface area contributed by atoms with Crippen molar-refractivity contribution in [2.75, 3.05) is 13.1 Å². The van der Waals surface area contributed by atoms with E-state index >= 15 is 0 Å². The van der Waals surface area contributed by atoms with Gasteiger partial charge in [0.1, 0.15) is 5.75 Å². The summed E-state index contributed by atoms with van der Waals surface area (Å²) < 4.78 is 64.8. The minimum absolute atomic E-state index is 0.183. The maximum absolute atomic E-state index is 12.6. The van der Waals surface area contributed by atoms with Crippen LogP contribution in [-0.2, 0) is 16.5 Å². The van der Waals surface area contributed by atoms with E-state index in [0.29, 0.717) is 18.0 Å². The standard InChI is InChI=1S/C16H20F3NO3S/c1-2-9-20-10-8-12-11-4-3-5-15(13(11)6-7-14(12)20)23-24(21,22)16(17,18)19/h3-5,12,14H,2,6-10H2,1H3/t12-,14-/m0/s1. The number of hydrogen-bond donors (Lipinski definition) is 0. The van der Waals surface area contributed by atoms with Crippen LogP contribution in [0, 0.1) is 0 Å². The highest BCUT2D eigenvalue weighted by atomic mass is 32.2. The van der Waals surface area contributed by atoms with Crippen LogP contribution in [0.15, 0.2) is 18.2 Å². The van der Waals surface area contributed by atoms with Crippen LogP contribution in [0.2, 0.25) is 0 Å². The predicted molar refractivity (Wildman–Crippen MR) is 83.4 cm³/mol. The van der Waals surface area contributed by atoms with E-state index in [1.165, 1.54) is 6.07 Å². The van der Waals surface area contributed by atoms with Crippen LogP contribution < -0.4 is 4.18 Å². The molecule has 0 bridgehead atoms. The normalized spacial score (nSPS) is 24.5. The van der Waals surface area contributed by atoms with Crippen LogP contribution in [0.1, 0.15) is 43.2 Å². The van der Waals surface area contributed by atoms with Gasteiger partial charge in [0.25, 0.3) is 0 Å². The Balaban J connectivity index is 1.91. The Morgan fingerprint density at radius 3 is 2.71 bits per heavy atom. The molecule has 0 spiro atoms. The minimum Gasteiger partial charge on any atom is -0.376 e. The first-order valence-electron chi connectivity index (χ1n) is 8.11. The number of halogens is 3. The van der Waals surface area contributed by atoms with Crippen molar-refractivity contribution in [1.29, 1.82) is 0 Å². The predicted octanol–water partition coefficient (Wildman–Crippen LogP) is 3.43. The number of alkyl halides is 3. The Morgan fingerprint density at radius 2 is 2.04 bits per heavy atom. The lowest BCUT2D eigenvalue weighted by Crippen LogP contribution is -2.36. The zero-order valence-electron chi connectivity index (χ0n) is 13.3. The van der Waals surface area contributed by atoms with Gasteiger partial charge in [0, 0.05) is 12.0 Å². The fourth-order valence-electron chi connectivity index (χ4n) is 3.96. The summed E-state index contributed by atoms with van der Waals surface area (Å²) in [6.07, 6.45) is 3.33. The van der Waals surface area contributed by atoms with Crippen molar-refractivity contribution >= 4 is 10.1 Å². The zero-order chi connectivity index (χ0) is 17.5. The van der Waals surface area contributed by atoms with E-state index in [1.54, 1.807) is 6.07 Å². The largest absolute Gasteiger partial charge is 0.534 e. The van der Waals surface area contributed by atoms with E-state index in [2.05, 4.69) is 16.0 Å². The highest BCUT2D eigenvalue weighted by Crippen LogP contribution is 2.44. The molecular weight excluding hydrogens is 343 g/mol. The fourth-order valence-corrected chi connectivity index (χ4v) is 4.45. The Hall–Kier alpha value is -1.28. The van der Waals surface area contributed by atoms with Gasteiger partial charge in [0.15, 0.2) is 0 Å². The molecule has 1 saturated heterocycles. The van der Waals surface area contributed by atoms with Crippen molar-refractivity contribution in [3.8, 4) is 5.75 Å². The average molecular weight is 363 g/mol. The first-order valence-corrected chi connectivity index (χ1v) is 9.52. The molecule has 24 heavy (non-hydrogen) atoms. The van der Waals surface area contributed by atoms with E-state index in [0.717, 1.165) is 37.9 Å². The number of likely N-dealkylation sites (tertiary alicyclic amines) is 1. The third kappa shape index (κ3) is 3.01. The maximum atomic E-state index is 12.6. The van der Waals surface area contributed by atoms with Gasteiger partial charge in [-0.1, -0.05) is 19.1 Å². The van der Waals surface area contributed by atoms with Crippen molar-refractivity contribution in [2.45, 2.75) is 50.1 Å². The molecule has 2 atom stereocenters. The quantitative estimate of drug-likeness (QED) is 0.607. The van der Waals surface area contributed by atoms with E-state index in [4.69, 9.17) is 0 Å². The number of fused-ring (bicyclic) bond motifs is 3. The van der Waals surface area contributed by atoms with E-state index in [-0.39, 0.29) is 11.7 Å². The van der Waals surface area contributed by atoms with Gasteiger partial charge in [0.2, 0.25) is 0 Å². The van der Waals surface area contributed by atoms with Gasteiger partial charge in [-0.15, -0.1) is 0 Å². The molecule has 134 valence electrons.